The van der Waals surface area contributed by atoms with Gasteiger partial charge >= 0.3 is 6.18 Å². The molecule has 1 aliphatic carbocycles. The van der Waals surface area contributed by atoms with Gasteiger partial charge in [0.25, 0.3) is 0 Å². The lowest BCUT2D eigenvalue weighted by atomic mass is 9.78. The van der Waals surface area contributed by atoms with Crippen molar-refractivity contribution < 1.29 is 22.7 Å². The van der Waals surface area contributed by atoms with Crippen molar-refractivity contribution in [3.63, 3.8) is 0 Å². The Morgan fingerprint density at radius 1 is 1.16 bits per heavy atom. The molecule has 1 amide bonds. The van der Waals surface area contributed by atoms with Crippen molar-refractivity contribution in [2.45, 2.75) is 50.6 Å². The number of carbonyl (C=O) groups excluding carboxylic acids is 1. The fourth-order valence-corrected chi connectivity index (χ4v) is 5.73. The van der Waals surface area contributed by atoms with E-state index in [2.05, 4.69) is 9.88 Å². The van der Waals surface area contributed by atoms with Gasteiger partial charge in [0.1, 0.15) is 0 Å². The van der Waals surface area contributed by atoms with Crippen molar-refractivity contribution in [3.05, 3.63) is 29.6 Å². The Morgan fingerprint density at radius 2 is 1.91 bits per heavy atom. The summed E-state index contributed by atoms with van der Waals surface area (Å²) in [7, 11) is 0. The number of hydrogen-bond donors (Lipinski definition) is 0. The summed E-state index contributed by atoms with van der Waals surface area (Å²) < 4.78 is 44.6. The van der Waals surface area contributed by atoms with Crippen molar-refractivity contribution in [1.82, 2.24) is 14.8 Å². The highest BCUT2D eigenvalue weighted by Crippen LogP contribution is 2.47. The van der Waals surface area contributed by atoms with Crippen LogP contribution in [0.5, 0.6) is 0 Å². The lowest BCUT2D eigenvalue weighted by Gasteiger charge is -2.44. The zero-order valence-corrected chi connectivity index (χ0v) is 18.4. The van der Waals surface area contributed by atoms with Crippen LogP contribution in [0.4, 0.5) is 13.2 Å². The van der Waals surface area contributed by atoms with Crippen LogP contribution < -0.4 is 0 Å². The summed E-state index contributed by atoms with van der Waals surface area (Å²) in [4.78, 5) is 22.1. The van der Waals surface area contributed by atoms with E-state index < -0.39 is 11.7 Å². The molecule has 1 saturated carbocycles. The smallest absolute Gasteiger partial charge is 0.381 e. The molecule has 4 heterocycles. The fourth-order valence-electron chi connectivity index (χ4n) is 5.73. The number of hydrogen-bond acceptors (Lipinski definition) is 4. The maximum atomic E-state index is 13.6. The van der Waals surface area contributed by atoms with Gasteiger partial charge < -0.3 is 14.5 Å². The molecule has 0 bridgehead atoms. The summed E-state index contributed by atoms with van der Waals surface area (Å²) in [5, 5.41) is 0. The number of aromatic nitrogens is 1. The highest BCUT2D eigenvalue weighted by molar-refractivity contribution is 5.84. The summed E-state index contributed by atoms with van der Waals surface area (Å²) in [6, 6.07) is 2.14. The van der Waals surface area contributed by atoms with E-state index in [0.29, 0.717) is 30.6 Å². The number of amides is 1. The van der Waals surface area contributed by atoms with Gasteiger partial charge in [0.05, 0.1) is 11.0 Å². The molecule has 3 saturated heterocycles. The van der Waals surface area contributed by atoms with Crippen LogP contribution in [0.1, 0.15) is 55.7 Å². The maximum Gasteiger partial charge on any atom is 0.416 e. The second kappa shape index (κ2) is 8.60. The van der Waals surface area contributed by atoms with E-state index >= 15 is 0 Å². The topological polar surface area (TPSA) is 45.7 Å². The predicted octanol–water partition coefficient (Wildman–Crippen LogP) is 3.95. The molecule has 1 aromatic rings. The van der Waals surface area contributed by atoms with Gasteiger partial charge in [-0.05, 0) is 56.2 Å². The summed E-state index contributed by atoms with van der Waals surface area (Å²) in [6.45, 7) is 5.44. The fraction of sp³-hybridized carbons (Fsp3) is 0.750. The molecule has 1 atom stereocenters. The van der Waals surface area contributed by atoms with Gasteiger partial charge in [-0.2, -0.15) is 13.2 Å². The van der Waals surface area contributed by atoms with Gasteiger partial charge in [0.15, 0.2) is 0 Å². The van der Waals surface area contributed by atoms with Crippen molar-refractivity contribution in [2.24, 2.45) is 17.3 Å². The first-order valence-electron chi connectivity index (χ1n) is 11.9. The minimum atomic E-state index is -4.37. The molecule has 8 heteroatoms. The lowest BCUT2D eigenvalue weighted by Crippen LogP contribution is -2.55. The maximum absolute atomic E-state index is 13.6. The average Bonchev–Trinajstić information content (AvgIpc) is 3.45. The molecule has 4 fully saturated rings. The first-order valence-corrected chi connectivity index (χ1v) is 11.9. The van der Waals surface area contributed by atoms with Crippen molar-refractivity contribution in [1.29, 1.82) is 0 Å². The van der Waals surface area contributed by atoms with E-state index in [1.807, 2.05) is 4.90 Å². The third kappa shape index (κ3) is 4.67. The number of ether oxygens (including phenoxy) is 1. The first-order chi connectivity index (χ1) is 15.3. The summed E-state index contributed by atoms with van der Waals surface area (Å²) >= 11 is 0. The molecule has 1 aromatic heterocycles. The van der Waals surface area contributed by atoms with Crippen LogP contribution in [0, 0.1) is 17.3 Å². The molecule has 0 spiro atoms. The lowest BCUT2D eigenvalue weighted by molar-refractivity contribution is -0.147. The molecule has 176 valence electrons. The van der Waals surface area contributed by atoms with Gasteiger partial charge in [-0.15, -0.1) is 0 Å². The van der Waals surface area contributed by atoms with Crippen molar-refractivity contribution in [3.8, 4) is 0 Å². The Morgan fingerprint density at radius 3 is 2.59 bits per heavy atom. The molecular weight excluding hydrogens is 419 g/mol. The third-order valence-corrected chi connectivity index (χ3v) is 7.82. The normalized spacial score (nSPS) is 28.2. The highest BCUT2D eigenvalue weighted by atomic mass is 19.4. The average molecular weight is 452 g/mol. The first kappa shape index (κ1) is 22.1. The van der Waals surface area contributed by atoms with E-state index in [1.165, 1.54) is 19.0 Å². The van der Waals surface area contributed by atoms with Gasteiger partial charge in [-0.1, -0.05) is 12.8 Å². The SMILES string of the molecule is O=C(N1CC(c2cc(C(F)(F)F)ccn2)C1)C1(CC2CC2)CCN(CC2CCOCC2)C1. The molecule has 5 nitrogen and oxygen atoms in total. The molecule has 4 aliphatic rings. The largest absolute Gasteiger partial charge is 0.416 e. The Hall–Kier alpha value is -1.67. The molecule has 0 radical (unpaired) electrons. The van der Waals surface area contributed by atoms with E-state index in [1.54, 1.807) is 0 Å². The second-order valence-corrected chi connectivity index (χ2v) is 10.3. The minimum Gasteiger partial charge on any atom is -0.381 e. The van der Waals surface area contributed by atoms with Gasteiger partial charge in [0, 0.05) is 57.2 Å². The predicted molar refractivity (Wildman–Crippen MR) is 113 cm³/mol. The zero-order chi connectivity index (χ0) is 22.3. The molecule has 5 rings (SSSR count). The van der Waals surface area contributed by atoms with Crippen molar-refractivity contribution >= 4 is 5.91 Å². The Labute approximate surface area is 187 Å². The van der Waals surface area contributed by atoms with Crippen LogP contribution in [0.15, 0.2) is 18.3 Å². The van der Waals surface area contributed by atoms with E-state index in [0.717, 1.165) is 70.7 Å². The molecule has 0 aromatic carbocycles. The van der Waals surface area contributed by atoms with Crippen LogP contribution in [0.25, 0.3) is 0 Å². The van der Waals surface area contributed by atoms with Crippen LogP contribution in [0.3, 0.4) is 0 Å². The number of carbonyl (C=O) groups is 1. The molecule has 32 heavy (non-hydrogen) atoms. The molecular formula is C24H32F3N3O2. The van der Waals surface area contributed by atoms with E-state index in [-0.39, 0.29) is 17.2 Å². The zero-order valence-electron chi connectivity index (χ0n) is 18.4. The van der Waals surface area contributed by atoms with Gasteiger partial charge in [-0.3, -0.25) is 9.78 Å². The monoisotopic (exact) mass is 451 g/mol. The van der Waals surface area contributed by atoms with Crippen LogP contribution in [-0.4, -0.2) is 66.6 Å². The molecule has 0 N–H and O–H groups in total. The summed E-state index contributed by atoms with van der Waals surface area (Å²) in [5.74, 6) is 1.40. The Balaban J connectivity index is 1.22. The quantitative estimate of drug-likeness (QED) is 0.657. The number of rotatable bonds is 6. The summed E-state index contributed by atoms with van der Waals surface area (Å²) in [6.07, 6.45) is 3.33. The van der Waals surface area contributed by atoms with Crippen LogP contribution >= 0.6 is 0 Å². The number of alkyl halides is 3. The van der Waals surface area contributed by atoms with Crippen molar-refractivity contribution in [2.75, 3.05) is 45.9 Å². The molecule has 3 aliphatic heterocycles. The van der Waals surface area contributed by atoms with Crippen LogP contribution in [0.2, 0.25) is 0 Å². The molecule has 1 unspecified atom stereocenters. The van der Waals surface area contributed by atoms with Crippen LogP contribution in [-0.2, 0) is 15.7 Å². The Kier molecular flexibility index (Phi) is 5.95. The van der Waals surface area contributed by atoms with E-state index in [4.69, 9.17) is 4.74 Å². The third-order valence-electron chi connectivity index (χ3n) is 7.82. The Bertz CT molecular complexity index is 832. The number of likely N-dealkylation sites (tertiary alicyclic amines) is 2. The second-order valence-electron chi connectivity index (χ2n) is 10.3. The van der Waals surface area contributed by atoms with Gasteiger partial charge in [0.2, 0.25) is 5.91 Å². The number of nitrogens with zero attached hydrogens (tertiary/aromatic N) is 3. The minimum absolute atomic E-state index is 0.112. The standard InChI is InChI=1S/C24H32F3N3O2/c25-24(26,27)20-3-7-28-21(11-20)19-14-30(15-19)22(31)23(12-17-1-2-17)6-8-29(16-23)13-18-4-9-32-10-5-18/h3,7,11,17-19H,1-2,4-6,8-10,12-16H2. The number of halogens is 3. The number of pyridine rings is 1. The van der Waals surface area contributed by atoms with E-state index in [9.17, 15) is 18.0 Å². The highest BCUT2D eigenvalue weighted by Gasteiger charge is 2.51. The van der Waals surface area contributed by atoms with Gasteiger partial charge in [-0.25, -0.2) is 0 Å². The summed E-state index contributed by atoms with van der Waals surface area (Å²) in [5.41, 5.74) is -0.553.